The number of piperidine rings is 1. The van der Waals surface area contributed by atoms with Gasteiger partial charge in [-0.15, -0.1) is 0 Å². The second kappa shape index (κ2) is 7.27. The van der Waals surface area contributed by atoms with Crippen molar-refractivity contribution in [2.45, 2.75) is 50.0 Å². The van der Waals surface area contributed by atoms with Crippen molar-refractivity contribution in [2.75, 3.05) is 19.7 Å². The fourth-order valence-electron chi connectivity index (χ4n) is 4.34. The van der Waals surface area contributed by atoms with Crippen LogP contribution in [0.2, 0.25) is 0 Å². The number of para-hydroxylation sites is 1. The van der Waals surface area contributed by atoms with Gasteiger partial charge in [-0.1, -0.05) is 12.1 Å². The van der Waals surface area contributed by atoms with E-state index in [1.54, 1.807) is 18.2 Å². The van der Waals surface area contributed by atoms with E-state index in [0.717, 1.165) is 25.9 Å². The minimum atomic E-state index is -0.805. The third kappa shape index (κ3) is 3.55. The number of carbonyl (C=O) groups is 1. The van der Waals surface area contributed by atoms with Crippen LogP contribution in [0.25, 0.3) is 10.9 Å². The second-order valence-corrected chi connectivity index (χ2v) is 8.10. The Morgan fingerprint density at radius 2 is 2.14 bits per heavy atom. The highest BCUT2D eigenvalue weighted by molar-refractivity contribution is 5.79. The lowest BCUT2D eigenvalue weighted by atomic mass is 9.75. The molecule has 0 radical (unpaired) electrons. The Morgan fingerprint density at radius 1 is 1.39 bits per heavy atom. The van der Waals surface area contributed by atoms with Crippen molar-refractivity contribution in [1.29, 1.82) is 0 Å². The first-order valence-corrected chi connectivity index (χ1v) is 9.69. The lowest BCUT2D eigenvalue weighted by molar-refractivity contribution is -0.174. The molecule has 1 amide bonds. The van der Waals surface area contributed by atoms with Gasteiger partial charge >= 0.3 is 0 Å². The minimum absolute atomic E-state index is 0.144. The minimum Gasteiger partial charge on any atom is -0.388 e. The average Bonchev–Trinajstić information content (AvgIpc) is 2.68. The molecule has 8 heteroatoms. The third-order valence-electron chi connectivity index (χ3n) is 5.96. The zero-order valence-electron chi connectivity index (χ0n) is 16.0. The van der Waals surface area contributed by atoms with Gasteiger partial charge in [0.15, 0.2) is 0 Å². The van der Waals surface area contributed by atoms with Gasteiger partial charge in [0.2, 0.25) is 5.91 Å². The van der Waals surface area contributed by atoms with E-state index in [1.165, 1.54) is 10.9 Å². The Balaban J connectivity index is 1.51. The SMILES string of the molecule is C[C@]1(NC(=O)Cn2cnc3ccccc3c2=O)CC2(CCNCC2)OC[C@@H]1O. The van der Waals surface area contributed by atoms with Gasteiger partial charge in [0.1, 0.15) is 12.6 Å². The van der Waals surface area contributed by atoms with Crippen LogP contribution in [0, 0.1) is 0 Å². The summed E-state index contributed by atoms with van der Waals surface area (Å²) >= 11 is 0. The molecule has 3 heterocycles. The largest absolute Gasteiger partial charge is 0.388 e. The molecule has 4 rings (SSSR count). The van der Waals surface area contributed by atoms with Crippen LogP contribution in [0.1, 0.15) is 26.2 Å². The van der Waals surface area contributed by atoms with Gasteiger partial charge in [0.05, 0.1) is 35.0 Å². The van der Waals surface area contributed by atoms with Gasteiger partial charge < -0.3 is 20.5 Å². The molecule has 8 nitrogen and oxygen atoms in total. The molecule has 2 aliphatic rings. The number of fused-ring (bicyclic) bond motifs is 1. The van der Waals surface area contributed by atoms with Crippen LogP contribution in [0.15, 0.2) is 35.4 Å². The van der Waals surface area contributed by atoms with Gasteiger partial charge in [-0.05, 0) is 45.0 Å². The molecule has 2 atom stereocenters. The summed E-state index contributed by atoms with van der Waals surface area (Å²) < 4.78 is 7.27. The molecule has 3 N–H and O–H groups in total. The Labute approximate surface area is 162 Å². The van der Waals surface area contributed by atoms with Gasteiger partial charge in [0, 0.05) is 6.42 Å². The zero-order chi connectivity index (χ0) is 19.8. The summed E-state index contributed by atoms with van der Waals surface area (Å²) in [6.07, 6.45) is 2.82. The molecule has 150 valence electrons. The number of amides is 1. The third-order valence-corrected chi connectivity index (χ3v) is 5.96. The molecule has 2 aliphatic heterocycles. The summed E-state index contributed by atoms with van der Waals surface area (Å²) in [7, 11) is 0. The maximum absolute atomic E-state index is 12.7. The van der Waals surface area contributed by atoms with E-state index in [1.807, 2.05) is 13.0 Å². The van der Waals surface area contributed by atoms with E-state index in [0.29, 0.717) is 17.3 Å². The van der Waals surface area contributed by atoms with E-state index in [4.69, 9.17) is 4.74 Å². The van der Waals surface area contributed by atoms with Gasteiger partial charge in [0.25, 0.3) is 5.56 Å². The number of rotatable bonds is 3. The summed E-state index contributed by atoms with van der Waals surface area (Å²) in [5, 5.41) is 17.3. The highest BCUT2D eigenvalue weighted by Crippen LogP contribution is 2.38. The first-order valence-electron chi connectivity index (χ1n) is 9.69. The average molecular weight is 386 g/mol. The number of aromatic nitrogens is 2. The molecule has 0 bridgehead atoms. The molecule has 2 fully saturated rings. The van der Waals surface area contributed by atoms with Crippen LogP contribution >= 0.6 is 0 Å². The molecule has 0 saturated carbocycles. The molecule has 28 heavy (non-hydrogen) atoms. The van der Waals surface area contributed by atoms with Gasteiger partial charge in [-0.3, -0.25) is 14.2 Å². The van der Waals surface area contributed by atoms with Crippen molar-refractivity contribution in [3.8, 4) is 0 Å². The van der Waals surface area contributed by atoms with Crippen LogP contribution in [-0.4, -0.2) is 57.5 Å². The van der Waals surface area contributed by atoms with Crippen molar-refractivity contribution in [3.63, 3.8) is 0 Å². The molecule has 0 aliphatic carbocycles. The number of hydrogen-bond donors (Lipinski definition) is 3. The fourth-order valence-corrected chi connectivity index (χ4v) is 4.34. The van der Waals surface area contributed by atoms with Crippen molar-refractivity contribution >= 4 is 16.8 Å². The first-order chi connectivity index (χ1) is 13.4. The van der Waals surface area contributed by atoms with Crippen molar-refractivity contribution < 1.29 is 14.6 Å². The number of carbonyl (C=O) groups excluding carboxylic acids is 1. The number of aliphatic hydroxyl groups excluding tert-OH is 1. The number of aliphatic hydroxyl groups is 1. The standard InChI is InChI=1S/C20H26N4O4/c1-19(12-20(28-11-16(19)25)6-8-21-9-7-20)23-17(26)10-24-13-22-15-5-3-2-4-14(15)18(24)27/h2-5,13,16,21,25H,6-12H2,1H3,(H,23,26)/t16-,19-/m0/s1. The summed E-state index contributed by atoms with van der Waals surface area (Å²) in [6, 6.07) is 7.05. The lowest BCUT2D eigenvalue weighted by Crippen LogP contribution is -2.65. The summed E-state index contributed by atoms with van der Waals surface area (Å²) in [5.41, 5.74) is -0.786. The monoisotopic (exact) mass is 386 g/mol. The number of hydrogen-bond acceptors (Lipinski definition) is 6. The van der Waals surface area contributed by atoms with E-state index < -0.39 is 11.6 Å². The molecule has 2 aromatic rings. The fraction of sp³-hybridized carbons (Fsp3) is 0.550. The maximum atomic E-state index is 12.7. The molecular formula is C20H26N4O4. The van der Waals surface area contributed by atoms with Gasteiger partial charge in [-0.2, -0.15) is 0 Å². The van der Waals surface area contributed by atoms with Crippen LogP contribution in [-0.2, 0) is 16.1 Å². The van der Waals surface area contributed by atoms with Crippen LogP contribution in [0.5, 0.6) is 0 Å². The summed E-state index contributed by atoms with van der Waals surface area (Å²) in [6.45, 7) is 3.61. The molecule has 1 aromatic carbocycles. The normalized spacial score (nSPS) is 27.0. The smallest absolute Gasteiger partial charge is 0.261 e. The van der Waals surface area contributed by atoms with Crippen LogP contribution in [0.4, 0.5) is 0 Å². The highest BCUT2D eigenvalue weighted by Gasteiger charge is 2.49. The number of benzene rings is 1. The second-order valence-electron chi connectivity index (χ2n) is 8.10. The highest BCUT2D eigenvalue weighted by atomic mass is 16.5. The quantitative estimate of drug-likeness (QED) is 0.695. The molecule has 1 spiro atoms. The topological polar surface area (TPSA) is 105 Å². The van der Waals surface area contributed by atoms with Crippen molar-refractivity contribution in [1.82, 2.24) is 20.2 Å². The Morgan fingerprint density at radius 3 is 2.93 bits per heavy atom. The van der Waals surface area contributed by atoms with E-state index in [-0.39, 0.29) is 30.2 Å². The van der Waals surface area contributed by atoms with Crippen molar-refractivity contribution in [2.24, 2.45) is 0 Å². The van der Waals surface area contributed by atoms with E-state index in [9.17, 15) is 14.7 Å². The Kier molecular flexibility index (Phi) is 4.95. The molecule has 2 saturated heterocycles. The summed E-state index contributed by atoms with van der Waals surface area (Å²) in [4.78, 5) is 29.6. The predicted octanol–water partition coefficient (Wildman–Crippen LogP) is 0.175. The Hall–Kier alpha value is -2.29. The zero-order valence-corrected chi connectivity index (χ0v) is 16.0. The molecule has 1 aromatic heterocycles. The molecular weight excluding hydrogens is 360 g/mol. The molecule has 0 unspecified atom stereocenters. The van der Waals surface area contributed by atoms with E-state index in [2.05, 4.69) is 15.6 Å². The van der Waals surface area contributed by atoms with Gasteiger partial charge in [-0.25, -0.2) is 4.98 Å². The first kappa shape index (κ1) is 19.0. The number of nitrogens with one attached hydrogen (secondary N) is 2. The van der Waals surface area contributed by atoms with Crippen molar-refractivity contribution in [3.05, 3.63) is 40.9 Å². The van der Waals surface area contributed by atoms with E-state index >= 15 is 0 Å². The number of ether oxygens (including phenoxy) is 1. The maximum Gasteiger partial charge on any atom is 0.261 e. The van der Waals surface area contributed by atoms with Crippen LogP contribution < -0.4 is 16.2 Å². The van der Waals surface area contributed by atoms with Crippen LogP contribution in [0.3, 0.4) is 0 Å². The lowest BCUT2D eigenvalue weighted by Gasteiger charge is -2.50. The number of nitrogens with zero attached hydrogens (tertiary/aromatic N) is 2. The Bertz CT molecular complexity index is 937. The summed E-state index contributed by atoms with van der Waals surface area (Å²) in [5.74, 6) is -0.327. The predicted molar refractivity (Wildman–Crippen MR) is 104 cm³/mol.